The normalized spacial score (nSPS) is 17.1. The van der Waals surface area contributed by atoms with Crippen molar-refractivity contribution < 1.29 is 10.2 Å². The average Bonchev–Trinajstić information content (AvgIpc) is 2.05. The second-order valence-electron chi connectivity index (χ2n) is 3.88. The molecule has 0 spiro atoms. The van der Waals surface area contributed by atoms with E-state index in [0.717, 1.165) is 0 Å². The maximum absolute atomic E-state index is 8.79. The summed E-state index contributed by atoms with van der Waals surface area (Å²) >= 11 is 8.86. The molecule has 0 aromatic rings. The molecule has 0 rings (SSSR count). The zero-order valence-electron chi connectivity index (χ0n) is 8.27. The first-order valence-electron chi connectivity index (χ1n) is 4.54. The average molecular weight is 224 g/mol. The van der Waals surface area contributed by atoms with E-state index in [-0.39, 0.29) is 29.1 Å². The zero-order valence-corrected chi connectivity index (χ0v) is 10.1. The number of aliphatic hydroxyl groups excluding tert-OH is 2. The standard InChI is InChI=1S/C9H20O2S2/c1-9(2,7(12)3-5-10)8(13)4-6-11/h7-8,10-13H,3-6H2,1-2H3. The van der Waals surface area contributed by atoms with Crippen LogP contribution in [0.3, 0.4) is 0 Å². The van der Waals surface area contributed by atoms with Crippen LogP contribution < -0.4 is 0 Å². The Kier molecular flexibility index (Phi) is 6.46. The minimum absolute atomic E-state index is 0.0717. The number of hydrogen-bond donors (Lipinski definition) is 4. The molecule has 2 atom stereocenters. The van der Waals surface area contributed by atoms with Gasteiger partial charge in [0.1, 0.15) is 0 Å². The van der Waals surface area contributed by atoms with E-state index in [1.165, 1.54) is 0 Å². The molecule has 2 N–H and O–H groups in total. The predicted molar refractivity (Wildman–Crippen MR) is 62.7 cm³/mol. The molecule has 0 saturated heterocycles. The van der Waals surface area contributed by atoms with Crippen molar-refractivity contribution in [3.8, 4) is 0 Å². The van der Waals surface area contributed by atoms with Crippen LogP contribution in [0.25, 0.3) is 0 Å². The molecule has 80 valence electrons. The van der Waals surface area contributed by atoms with Gasteiger partial charge in [0.15, 0.2) is 0 Å². The van der Waals surface area contributed by atoms with Gasteiger partial charge in [0, 0.05) is 23.7 Å². The Morgan fingerprint density at radius 3 is 1.54 bits per heavy atom. The Bertz CT molecular complexity index is 126. The van der Waals surface area contributed by atoms with Gasteiger partial charge < -0.3 is 10.2 Å². The molecule has 4 heteroatoms. The quantitative estimate of drug-likeness (QED) is 0.515. The van der Waals surface area contributed by atoms with E-state index in [1.807, 2.05) is 0 Å². The zero-order chi connectivity index (χ0) is 10.5. The van der Waals surface area contributed by atoms with Crippen molar-refractivity contribution in [1.82, 2.24) is 0 Å². The highest BCUT2D eigenvalue weighted by Gasteiger charge is 2.32. The SMILES string of the molecule is CC(C)(C(S)CCO)C(S)CCO. The van der Waals surface area contributed by atoms with Crippen molar-refractivity contribution in [2.45, 2.75) is 37.2 Å². The molecule has 0 aromatic heterocycles. The second kappa shape index (κ2) is 6.17. The van der Waals surface area contributed by atoms with Crippen LogP contribution in [0.1, 0.15) is 26.7 Å². The van der Waals surface area contributed by atoms with Gasteiger partial charge in [-0.3, -0.25) is 0 Å². The molecule has 0 heterocycles. The fraction of sp³-hybridized carbons (Fsp3) is 1.00. The first kappa shape index (κ1) is 13.6. The Labute approximate surface area is 91.6 Å². The fourth-order valence-electron chi connectivity index (χ4n) is 1.21. The predicted octanol–water partition coefficient (Wildman–Crippen LogP) is 1.37. The summed E-state index contributed by atoms with van der Waals surface area (Å²) < 4.78 is 0. The van der Waals surface area contributed by atoms with Gasteiger partial charge in [-0.05, 0) is 18.3 Å². The third-order valence-corrected chi connectivity index (χ3v) is 4.37. The highest BCUT2D eigenvalue weighted by Crippen LogP contribution is 2.35. The van der Waals surface area contributed by atoms with Crippen molar-refractivity contribution in [3.63, 3.8) is 0 Å². The summed E-state index contributed by atoms with van der Waals surface area (Å²) in [4.78, 5) is 0. The smallest absolute Gasteiger partial charge is 0.0441 e. The van der Waals surface area contributed by atoms with Crippen LogP contribution in [0.4, 0.5) is 0 Å². The maximum Gasteiger partial charge on any atom is 0.0441 e. The number of rotatable bonds is 6. The highest BCUT2D eigenvalue weighted by molar-refractivity contribution is 7.82. The number of aliphatic hydroxyl groups is 2. The van der Waals surface area contributed by atoms with Crippen LogP contribution in [0.15, 0.2) is 0 Å². The van der Waals surface area contributed by atoms with Crippen molar-refractivity contribution in [2.75, 3.05) is 13.2 Å². The van der Waals surface area contributed by atoms with Crippen LogP contribution in [0.2, 0.25) is 0 Å². The molecule has 0 bridgehead atoms. The van der Waals surface area contributed by atoms with Gasteiger partial charge in [-0.25, -0.2) is 0 Å². The van der Waals surface area contributed by atoms with Crippen LogP contribution in [-0.4, -0.2) is 33.9 Å². The van der Waals surface area contributed by atoms with Crippen LogP contribution >= 0.6 is 25.3 Å². The van der Waals surface area contributed by atoms with Crippen LogP contribution in [0, 0.1) is 5.41 Å². The van der Waals surface area contributed by atoms with Crippen molar-refractivity contribution in [1.29, 1.82) is 0 Å². The van der Waals surface area contributed by atoms with Crippen molar-refractivity contribution in [3.05, 3.63) is 0 Å². The van der Waals surface area contributed by atoms with Gasteiger partial charge in [0.25, 0.3) is 0 Å². The van der Waals surface area contributed by atoms with Gasteiger partial charge in [0.05, 0.1) is 0 Å². The van der Waals surface area contributed by atoms with E-state index in [9.17, 15) is 0 Å². The minimum Gasteiger partial charge on any atom is -0.396 e. The van der Waals surface area contributed by atoms with E-state index >= 15 is 0 Å². The summed E-state index contributed by atoms with van der Waals surface area (Å²) in [7, 11) is 0. The summed E-state index contributed by atoms with van der Waals surface area (Å²) in [5.74, 6) is 0. The Morgan fingerprint density at radius 2 is 1.31 bits per heavy atom. The number of hydrogen-bond acceptors (Lipinski definition) is 4. The largest absolute Gasteiger partial charge is 0.396 e. The van der Waals surface area contributed by atoms with E-state index in [1.54, 1.807) is 0 Å². The molecule has 13 heavy (non-hydrogen) atoms. The molecule has 0 aliphatic heterocycles. The van der Waals surface area contributed by atoms with Gasteiger partial charge in [-0.1, -0.05) is 13.8 Å². The van der Waals surface area contributed by atoms with E-state index in [2.05, 4.69) is 39.1 Å². The summed E-state index contributed by atoms with van der Waals surface area (Å²) in [5.41, 5.74) is -0.0717. The van der Waals surface area contributed by atoms with Gasteiger partial charge in [0.2, 0.25) is 0 Å². The summed E-state index contributed by atoms with van der Waals surface area (Å²) in [6.45, 7) is 4.43. The molecular formula is C9H20O2S2. The second-order valence-corrected chi connectivity index (χ2v) is 5.12. The third kappa shape index (κ3) is 4.11. The molecule has 2 nitrogen and oxygen atoms in total. The van der Waals surface area contributed by atoms with Crippen molar-refractivity contribution >= 4 is 25.3 Å². The molecule has 0 aliphatic rings. The summed E-state index contributed by atoms with van der Waals surface area (Å²) in [5, 5.41) is 17.8. The van der Waals surface area contributed by atoms with E-state index < -0.39 is 0 Å². The lowest BCUT2D eigenvalue weighted by atomic mass is 9.82. The molecular weight excluding hydrogens is 204 g/mol. The molecule has 0 saturated carbocycles. The van der Waals surface area contributed by atoms with E-state index in [4.69, 9.17) is 10.2 Å². The van der Waals surface area contributed by atoms with Gasteiger partial charge in [-0.2, -0.15) is 25.3 Å². The summed E-state index contributed by atoms with van der Waals surface area (Å²) in [6, 6.07) is 0. The van der Waals surface area contributed by atoms with E-state index in [0.29, 0.717) is 12.8 Å². The molecule has 0 amide bonds. The lowest BCUT2D eigenvalue weighted by Crippen LogP contribution is -2.35. The Hall–Kier alpha value is 0.620. The topological polar surface area (TPSA) is 40.5 Å². The summed E-state index contributed by atoms with van der Waals surface area (Å²) in [6.07, 6.45) is 1.33. The molecule has 0 aromatic carbocycles. The lowest BCUT2D eigenvalue weighted by molar-refractivity contribution is 0.221. The molecule has 0 radical (unpaired) electrons. The molecule has 0 aliphatic carbocycles. The fourth-order valence-corrected chi connectivity index (χ4v) is 1.92. The van der Waals surface area contributed by atoms with Gasteiger partial charge in [-0.15, -0.1) is 0 Å². The minimum atomic E-state index is -0.0717. The highest BCUT2D eigenvalue weighted by atomic mass is 32.1. The first-order valence-corrected chi connectivity index (χ1v) is 5.58. The molecule has 2 unspecified atom stereocenters. The monoisotopic (exact) mass is 224 g/mol. The van der Waals surface area contributed by atoms with Crippen LogP contribution in [-0.2, 0) is 0 Å². The van der Waals surface area contributed by atoms with Gasteiger partial charge >= 0.3 is 0 Å². The third-order valence-electron chi connectivity index (χ3n) is 2.52. The Morgan fingerprint density at radius 1 is 1.00 bits per heavy atom. The van der Waals surface area contributed by atoms with Crippen molar-refractivity contribution in [2.24, 2.45) is 5.41 Å². The van der Waals surface area contributed by atoms with Crippen LogP contribution in [0.5, 0.6) is 0 Å². The maximum atomic E-state index is 8.79. The Balaban J connectivity index is 4.17. The number of thiol groups is 2. The molecule has 0 fully saturated rings. The lowest BCUT2D eigenvalue weighted by Gasteiger charge is -2.36. The first-order chi connectivity index (χ1) is 5.96.